The van der Waals surface area contributed by atoms with Crippen molar-refractivity contribution in [3.05, 3.63) is 65.5 Å². The molecule has 0 radical (unpaired) electrons. The predicted octanol–water partition coefficient (Wildman–Crippen LogP) is 4.83. The van der Waals surface area contributed by atoms with Gasteiger partial charge >= 0.3 is 6.18 Å². The minimum Gasteiger partial charge on any atom is -0.484 e. The van der Waals surface area contributed by atoms with Gasteiger partial charge in [-0.25, -0.2) is 18.7 Å². The molecule has 3 aromatic rings. The first-order valence-electron chi connectivity index (χ1n) is 12.9. The number of rotatable bonds is 9. The van der Waals surface area contributed by atoms with Gasteiger partial charge in [-0.3, -0.25) is 9.69 Å². The summed E-state index contributed by atoms with van der Waals surface area (Å²) in [6.07, 6.45) is -3.07. The highest BCUT2D eigenvalue weighted by Crippen LogP contribution is 2.32. The molecule has 0 bridgehead atoms. The number of hydrogen-bond donors (Lipinski definition) is 1. The molecule has 13 heteroatoms. The number of alkyl halides is 3. The van der Waals surface area contributed by atoms with Gasteiger partial charge in [0.25, 0.3) is 0 Å². The lowest BCUT2D eigenvalue weighted by Crippen LogP contribution is -2.36. The van der Waals surface area contributed by atoms with Gasteiger partial charge in [-0.2, -0.15) is 13.2 Å². The Morgan fingerprint density at radius 1 is 1.15 bits per heavy atom. The second kappa shape index (κ2) is 12.0. The number of nitrogens with one attached hydrogen (secondary N) is 1. The van der Waals surface area contributed by atoms with Crippen molar-refractivity contribution < 1.29 is 41.0 Å². The number of allylic oxidation sites excluding steroid dienone is 1. The molecular formula is C28H27F5N4O4. The Kier molecular flexibility index (Phi) is 8.47. The number of carbonyl (C=O) groups is 1. The molecule has 1 N–H and O–H groups in total. The topological polar surface area (TPSA) is 85.8 Å². The number of Topliss-reactive ketones (excluding diaryl/α,β-unsaturated/α-hetero) is 1. The van der Waals surface area contributed by atoms with E-state index in [-0.39, 0.29) is 41.4 Å². The van der Waals surface area contributed by atoms with Gasteiger partial charge in [0.1, 0.15) is 23.7 Å². The highest BCUT2D eigenvalue weighted by Gasteiger charge is 2.36. The number of carbonyl (C=O) groups excluding carboxylic acids is 1. The number of benzene rings is 2. The summed E-state index contributed by atoms with van der Waals surface area (Å²) in [5.74, 6) is -2.33. The number of anilines is 2. The van der Waals surface area contributed by atoms with E-state index >= 15 is 0 Å². The van der Waals surface area contributed by atoms with Gasteiger partial charge in [0, 0.05) is 48.8 Å². The maximum absolute atomic E-state index is 14.9. The summed E-state index contributed by atoms with van der Waals surface area (Å²) in [4.78, 5) is 23.0. The van der Waals surface area contributed by atoms with Gasteiger partial charge in [0.05, 0.1) is 30.9 Å². The molecule has 3 heterocycles. The highest BCUT2D eigenvalue weighted by molar-refractivity contribution is 5.97. The van der Waals surface area contributed by atoms with E-state index in [9.17, 15) is 26.7 Å². The van der Waals surface area contributed by atoms with Gasteiger partial charge in [-0.15, -0.1) is 0 Å². The van der Waals surface area contributed by atoms with Crippen molar-refractivity contribution in [3.63, 3.8) is 0 Å². The Labute approximate surface area is 232 Å². The molecule has 5 rings (SSSR count). The van der Waals surface area contributed by atoms with Crippen molar-refractivity contribution in [2.24, 2.45) is 0 Å². The van der Waals surface area contributed by atoms with Crippen LogP contribution in [-0.2, 0) is 20.7 Å². The van der Waals surface area contributed by atoms with Gasteiger partial charge in [0.15, 0.2) is 18.2 Å². The van der Waals surface area contributed by atoms with Crippen LogP contribution >= 0.6 is 0 Å². The van der Waals surface area contributed by atoms with E-state index in [0.717, 1.165) is 6.08 Å². The van der Waals surface area contributed by atoms with E-state index in [1.54, 1.807) is 13.0 Å². The van der Waals surface area contributed by atoms with Gasteiger partial charge in [-0.05, 0) is 42.8 Å². The number of likely N-dealkylation sites (tertiary alicyclic amines) is 1. The molecule has 218 valence electrons. The van der Waals surface area contributed by atoms with E-state index in [0.29, 0.717) is 42.9 Å². The Hall–Kier alpha value is -3.68. The third kappa shape index (κ3) is 7.16. The Bertz CT molecular complexity index is 1450. The largest absolute Gasteiger partial charge is 0.484 e. The Morgan fingerprint density at radius 3 is 2.56 bits per heavy atom. The average Bonchev–Trinajstić information content (AvgIpc) is 3.35. The molecule has 0 unspecified atom stereocenters. The van der Waals surface area contributed by atoms with Gasteiger partial charge < -0.3 is 19.5 Å². The summed E-state index contributed by atoms with van der Waals surface area (Å²) in [5, 5.41) is 3.38. The number of ketones is 1. The summed E-state index contributed by atoms with van der Waals surface area (Å²) in [6.45, 7) is 2.18. The highest BCUT2D eigenvalue weighted by atomic mass is 19.4. The zero-order valence-electron chi connectivity index (χ0n) is 22.0. The number of ether oxygens (including phenoxy) is 3. The standard InChI is InChI=1S/C28H27F5N4O4/c1-16-8-18(2-3-20(16)29)36-27-19-9-17(24(41-14-28(31,32)33)11-22(19)34-15-35-27)10-23(38)21(30)4-5-37-12-25-26(13-37)40-7-6-39-25/h2-4,8-9,11,15,25-26H,5-7,10,12-14H2,1H3,(H,34,35,36)/b21-4+/t25-,26+. The fourth-order valence-electron chi connectivity index (χ4n) is 4.79. The molecule has 1 aromatic heterocycles. The maximum Gasteiger partial charge on any atom is 0.422 e. The molecule has 41 heavy (non-hydrogen) atoms. The normalized spacial score (nSPS) is 19.8. The maximum atomic E-state index is 14.9. The molecule has 2 fully saturated rings. The van der Waals surface area contributed by atoms with Crippen LogP contribution in [0.2, 0.25) is 0 Å². The van der Waals surface area contributed by atoms with Crippen LogP contribution in [0.15, 0.2) is 48.6 Å². The van der Waals surface area contributed by atoms with Crippen LogP contribution in [0.5, 0.6) is 5.75 Å². The smallest absolute Gasteiger partial charge is 0.422 e. The van der Waals surface area contributed by atoms with E-state index in [4.69, 9.17) is 14.2 Å². The van der Waals surface area contributed by atoms with Crippen LogP contribution in [0.25, 0.3) is 10.9 Å². The molecule has 2 saturated heterocycles. The minimum atomic E-state index is -4.64. The third-order valence-electron chi connectivity index (χ3n) is 6.81. The van der Waals surface area contributed by atoms with Crippen molar-refractivity contribution in [2.45, 2.75) is 31.7 Å². The summed E-state index contributed by atoms with van der Waals surface area (Å²) >= 11 is 0. The fraction of sp³-hybridized carbons (Fsp3) is 0.393. The second-order valence-corrected chi connectivity index (χ2v) is 9.88. The molecular weight excluding hydrogens is 551 g/mol. The van der Waals surface area contributed by atoms with E-state index in [1.807, 2.05) is 4.90 Å². The van der Waals surface area contributed by atoms with Crippen LogP contribution in [0.1, 0.15) is 11.1 Å². The van der Waals surface area contributed by atoms with E-state index < -0.39 is 36.6 Å². The lowest BCUT2D eigenvalue weighted by atomic mass is 10.0. The number of aromatic nitrogens is 2. The van der Waals surface area contributed by atoms with Crippen LogP contribution < -0.4 is 10.1 Å². The molecule has 0 spiro atoms. The number of hydrogen-bond acceptors (Lipinski definition) is 8. The van der Waals surface area contributed by atoms with E-state index in [2.05, 4.69) is 15.3 Å². The number of fused-ring (bicyclic) bond motifs is 2. The molecule has 2 aliphatic rings. The molecule has 2 atom stereocenters. The summed E-state index contributed by atoms with van der Waals surface area (Å²) < 4.78 is 83.8. The predicted molar refractivity (Wildman–Crippen MR) is 139 cm³/mol. The van der Waals surface area contributed by atoms with Crippen molar-refractivity contribution in [2.75, 3.05) is 44.8 Å². The lowest BCUT2D eigenvalue weighted by molar-refractivity contribution is -0.153. The molecule has 0 amide bonds. The van der Waals surface area contributed by atoms with Crippen LogP contribution in [-0.4, -0.2) is 78.5 Å². The van der Waals surface area contributed by atoms with Crippen molar-refractivity contribution in [1.29, 1.82) is 0 Å². The molecule has 0 aliphatic carbocycles. The molecule has 0 saturated carbocycles. The van der Waals surface area contributed by atoms with Crippen LogP contribution in [0.4, 0.5) is 33.5 Å². The van der Waals surface area contributed by atoms with Crippen molar-refractivity contribution in [3.8, 4) is 5.75 Å². The number of halogens is 5. The second-order valence-electron chi connectivity index (χ2n) is 9.88. The van der Waals surface area contributed by atoms with Crippen LogP contribution in [0, 0.1) is 12.7 Å². The number of aryl methyl sites for hydroxylation is 1. The first-order valence-corrected chi connectivity index (χ1v) is 12.9. The summed E-state index contributed by atoms with van der Waals surface area (Å²) in [5.41, 5.74) is 1.14. The minimum absolute atomic E-state index is 0.0254. The molecule has 2 aromatic carbocycles. The number of nitrogens with zero attached hydrogens (tertiary/aromatic N) is 3. The van der Waals surface area contributed by atoms with Gasteiger partial charge in [0.2, 0.25) is 0 Å². The summed E-state index contributed by atoms with van der Waals surface area (Å²) in [6, 6.07) is 6.97. The van der Waals surface area contributed by atoms with Crippen LogP contribution in [0.3, 0.4) is 0 Å². The fourth-order valence-corrected chi connectivity index (χ4v) is 4.79. The van der Waals surface area contributed by atoms with Crippen molar-refractivity contribution in [1.82, 2.24) is 14.9 Å². The third-order valence-corrected chi connectivity index (χ3v) is 6.81. The monoisotopic (exact) mass is 578 g/mol. The molecule has 8 nitrogen and oxygen atoms in total. The zero-order valence-corrected chi connectivity index (χ0v) is 22.0. The molecule has 2 aliphatic heterocycles. The Morgan fingerprint density at radius 2 is 1.88 bits per heavy atom. The lowest BCUT2D eigenvalue weighted by Gasteiger charge is -2.24. The first kappa shape index (κ1) is 28.8. The van der Waals surface area contributed by atoms with Gasteiger partial charge in [-0.1, -0.05) is 0 Å². The average molecular weight is 579 g/mol. The quantitative estimate of drug-likeness (QED) is 0.286. The van der Waals surface area contributed by atoms with E-state index in [1.165, 1.54) is 30.6 Å². The summed E-state index contributed by atoms with van der Waals surface area (Å²) in [7, 11) is 0. The first-order chi connectivity index (χ1) is 19.6. The van der Waals surface area contributed by atoms with Crippen molar-refractivity contribution >= 4 is 28.2 Å². The zero-order chi connectivity index (χ0) is 29.1. The Balaban J connectivity index is 1.38. The SMILES string of the molecule is Cc1cc(Nc2ncnc3cc(OCC(F)(F)F)c(CC(=O)/C(F)=C\CN4C[C@@H]5OCCO[C@@H]5C4)cc23)ccc1F.